The molecule has 1 aromatic heterocycles. The molecule has 138 valence electrons. The van der Waals surface area contributed by atoms with Crippen LogP contribution in [0.4, 0.5) is 16.0 Å². The van der Waals surface area contributed by atoms with E-state index < -0.39 is 11.7 Å². The molecular formula is C20H19FN4O2. The summed E-state index contributed by atoms with van der Waals surface area (Å²) >= 11 is 0. The molecule has 27 heavy (non-hydrogen) atoms. The van der Waals surface area contributed by atoms with Gasteiger partial charge in [0.15, 0.2) is 5.82 Å². The molecule has 0 aliphatic heterocycles. The summed E-state index contributed by atoms with van der Waals surface area (Å²) in [7, 11) is 1.64. The van der Waals surface area contributed by atoms with Crippen molar-refractivity contribution in [2.75, 3.05) is 24.3 Å². The number of rotatable bonds is 7. The van der Waals surface area contributed by atoms with Crippen LogP contribution >= 0.6 is 0 Å². The molecule has 2 aromatic carbocycles. The molecular weight excluding hydrogens is 347 g/mol. The van der Waals surface area contributed by atoms with Gasteiger partial charge in [-0.05, 0) is 48.4 Å². The van der Waals surface area contributed by atoms with Crippen molar-refractivity contribution >= 4 is 17.5 Å². The predicted octanol–water partition coefficient (Wildman–Crippen LogP) is 3.53. The second-order valence-electron chi connectivity index (χ2n) is 5.76. The first-order valence-corrected chi connectivity index (χ1v) is 8.42. The maximum atomic E-state index is 13.6. The van der Waals surface area contributed by atoms with Gasteiger partial charge < -0.3 is 15.4 Å². The second kappa shape index (κ2) is 8.75. The predicted molar refractivity (Wildman–Crippen MR) is 102 cm³/mol. The van der Waals surface area contributed by atoms with Crippen LogP contribution in [0.2, 0.25) is 0 Å². The molecule has 0 aliphatic carbocycles. The van der Waals surface area contributed by atoms with E-state index in [9.17, 15) is 9.18 Å². The fraction of sp³-hybridized carbons (Fsp3) is 0.150. The molecule has 3 aromatic rings. The molecule has 0 unspecified atom stereocenters. The molecule has 1 amide bonds. The summed E-state index contributed by atoms with van der Waals surface area (Å²) in [6.45, 7) is 0.682. The Morgan fingerprint density at radius 3 is 2.37 bits per heavy atom. The van der Waals surface area contributed by atoms with Gasteiger partial charge in [0, 0.05) is 6.54 Å². The lowest BCUT2D eigenvalue weighted by atomic mass is 10.1. The maximum absolute atomic E-state index is 13.6. The number of anilines is 2. The van der Waals surface area contributed by atoms with E-state index in [1.54, 1.807) is 25.3 Å². The number of benzene rings is 2. The van der Waals surface area contributed by atoms with E-state index in [-0.39, 0.29) is 11.4 Å². The largest absolute Gasteiger partial charge is 0.497 e. The summed E-state index contributed by atoms with van der Waals surface area (Å²) in [5.74, 6) is 0.518. The van der Waals surface area contributed by atoms with Crippen LogP contribution in [-0.4, -0.2) is 29.8 Å². The van der Waals surface area contributed by atoms with Crippen molar-refractivity contribution in [3.05, 3.63) is 77.6 Å². The van der Waals surface area contributed by atoms with E-state index in [0.717, 1.165) is 12.2 Å². The average Bonchev–Trinajstić information content (AvgIpc) is 2.70. The minimum atomic E-state index is -0.584. The molecule has 0 bridgehead atoms. The topological polar surface area (TPSA) is 76.1 Å². The van der Waals surface area contributed by atoms with Crippen molar-refractivity contribution in [1.29, 1.82) is 0 Å². The van der Waals surface area contributed by atoms with Crippen molar-refractivity contribution < 1.29 is 13.9 Å². The summed E-state index contributed by atoms with van der Waals surface area (Å²) < 4.78 is 18.7. The zero-order valence-corrected chi connectivity index (χ0v) is 14.8. The average molecular weight is 366 g/mol. The SMILES string of the molecule is COc1ccc(CCNc2ccc(NC(=O)c3ccccc3F)nn2)cc1. The van der Waals surface area contributed by atoms with Gasteiger partial charge in [0.1, 0.15) is 17.4 Å². The lowest BCUT2D eigenvalue weighted by Crippen LogP contribution is -2.15. The van der Waals surface area contributed by atoms with Crippen LogP contribution in [0, 0.1) is 5.82 Å². The van der Waals surface area contributed by atoms with Crippen LogP contribution in [0.25, 0.3) is 0 Å². The van der Waals surface area contributed by atoms with Gasteiger partial charge in [-0.25, -0.2) is 4.39 Å². The monoisotopic (exact) mass is 366 g/mol. The Labute approximate surface area is 156 Å². The zero-order valence-electron chi connectivity index (χ0n) is 14.8. The Hall–Kier alpha value is -3.48. The van der Waals surface area contributed by atoms with E-state index in [4.69, 9.17) is 4.74 Å². The molecule has 7 heteroatoms. The van der Waals surface area contributed by atoms with Crippen molar-refractivity contribution in [2.24, 2.45) is 0 Å². The Balaban J connectivity index is 1.51. The van der Waals surface area contributed by atoms with Crippen LogP contribution in [0.5, 0.6) is 5.75 Å². The first-order chi connectivity index (χ1) is 13.2. The lowest BCUT2D eigenvalue weighted by Gasteiger charge is -2.08. The van der Waals surface area contributed by atoms with Crippen LogP contribution in [-0.2, 0) is 6.42 Å². The number of methoxy groups -OCH3 is 1. The minimum Gasteiger partial charge on any atom is -0.497 e. The van der Waals surface area contributed by atoms with Gasteiger partial charge in [-0.3, -0.25) is 4.79 Å². The number of nitrogens with one attached hydrogen (secondary N) is 2. The van der Waals surface area contributed by atoms with Gasteiger partial charge in [0.05, 0.1) is 12.7 Å². The van der Waals surface area contributed by atoms with Crippen LogP contribution < -0.4 is 15.4 Å². The molecule has 6 nitrogen and oxygen atoms in total. The number of amides is 1. The van der Waals surface area contributed by atoms with Gasteiger partial charge in [0.2, 0.25) is 0 Å². The van der Waals surface area contributed by atoms with Gasteiger partial charge in [-0.2, -0.15) is 0 Å². The maximum Gasteiger partial charge on any atom is 0.259 e. The summed E-state index contributed by atoms with van der Waals surface area (Å²) in [6.07, 6.45) is 0.817. The fourth-order valence-corrected chi connectivity index (χ4v) is 2.45. The Bertz CT molecular complexity index is 899. The number of carbonyl (C=O) groups is 1. The second-order valence-corrected chi connectivity index (χ2v) is 5.76. The fourth-order valence-electron chi connectivity index (χ4n) is 2.45. The molecule has 0 saturated heterocycles. The van der Waals surface area contributed by atoms with E-state index in [1.807, 2.05) is 24.3 Å². The van der Waals surface area contributed by atoms with E-state index >= 15 is 0 Å². The number of hydrogen-bond donors (Lipinski definition) is 2. The number of aromatic nitrogens is 2. The lowest BCUT2D eigenvalue weighted by molar-refractivity contribution is 0.102. The third kappa shape index (κ3) is 5.01. The highest BCUT2D eigenvalue weighted by molar-refractivity contribution is 6.03. The summed E-state index contributed by atoms with van der Waals surface area (Å²) in [6, 6.07) is 16.9. The third-order valence-electron chi connectivity index (χ3n) is 3.90. The van der Waals surface area contributed by atoms with Gasteiger partial charge in [0.25, 0.3) is 5.91 Å². The standard InChI is InChI=1S/C20H19FN4O2/c1-27-15-8-6-14(7-9-15)12-13-22-18-10-11-19(25-24-18)23-20(26)16-4-2-3-5-17(16)21/h2-11H,12-13H2,1H3,(H,22,24)(H,23,25,26). The smallest absolute Gasteiger partial charge is 0.259 e. The summed E-state index contributed by atoms with van der Waals surface area (Å²) in [5.41, 5.74) is 1.13. The molecule has 1 heterocycles. The molecule has 0 saturated carbocycles. The van der Waals surface area contributed by atoms with Gasteiger partial charge >= 0.3 is 0 Å². The molecule has 0 spiro atoms. The van der Waals surface area contributed by atoms with Gasteiger partial charge in [-0.1, -0.05) is 24.3 Å². The quantitative estimate of drug-likeness (QED) is 0.669. The Morgan fingerprint density at radius 1 is 1.00 bits per heavy atom. The molecule has 0 radical (unpaired) electrons. The van der Waals surface area contributed by atoms with Crippen molar-refractivity contribution in [3.8, 4) is 5.75 Å². The minimum absolute atomic E-state index is 0.0407. The number of halogens is 1. The molecule has 2 N–H and O–H groups in total. The normalized spacial score (nSPS) is 10.3. The number of ether oxygens (including phenoxy) is 1. The van der Waals surface area contributed by atoms with E-state index in [2.05, 4.69) is 20.8 Å². The van der Waals surface area contributed by atoms with E-state index in [1.165, 1.54) is 23.8 Å². The number of carbonyl (C=O) groups excluding carboxylic acids is 1. The zero-order chi connectivity index (χ0) is 19.1. The van der Waals surface area contributed by atoms with E-state index in [0.29, 0.717) is 12.4 Å². The Morgan fingerprint density at radius 2 is 1.70 bits per heavy atom. The summed E-state index contributed by atoms with van der Waals surface area (Å²) in [4.78, 5) is 12.1. The van der Waals surface area contributed by atoms with Crippen LogP contribution in [0.1, 0.15) is 15.9 Å². The number of nitrogens with zero attached hydrogens (tertiary/aromatic N) is 2. The highest BCUT2D eigenvalue weighted by atomic mass is 19.1. The summed E-state index contributed by atoms with van der Waals surface area (Å²) in [5, 5.41) is 13.6. The third-order valence-corrected chi connectivity index (χ3v) is 3.90. The first-order valence-electron chi connectivity index (χ1n) is 8.42. The molecule has 0 atom stereocenters. The number of hydrogen-bond acceptors (Lipinski definition) is 5. The van der Waals surface area contributed by atoms with Crippen LogP contribution in [0.3, 0.4) is 0 Å². The van der Waals surface area contributed by atoms with Gasteiger partial charge in [-0.15, -0.1) is 10.2 Å². The van der Waals surface area contributed by atoms with Crippen molar-refractivity contribution in [2.45, 2.75) is 6.42 Å². The highest BCUT2D eigenvalue weighted by Crippen LogP contribution is 2.13. The van der Waals surface area contributed by atoms with Crippen molar-refractivity contribution in [3.63, 3.8) is 0 Å². The van der Waals surface area contributed by atoms with Crippen molar-refractivity contribution in [1.82, 2.24) is 10.2 Å². The molecule has 3 rings (SSSR count). The Kier molecular flexibility index (Phi) is 5.94. The molecule has 0 fully saturated rings. The van der Waals surface area contributed by atoms with Crippen LogP contribution in [0.15, 0.2) is 60.7 Å². The molecule has 0 aliphatic rings. The first kappa shape index (κ1) is 18.3. The highest BCUT2D eigenvalue weighted by Gasteiger charge is 2.11.